The molecule has 1 unspecified atom stereocenters. The van der Waals surface area contributed by atoms with Crippen LogP contribution < -0.4 is 10.0 Å². The Morgan fingerprint density at radius 3 is 2.32 bits per heavy atom. The minimum Gasteiger partial charge on any atom is -0.274 e. The Balaban J connectivity index is 2.05. The first kappa shape index (κ1) is 17.6. The number of imide groups is 1. The van der Waals surface area contributed by atoms with Gasteiger partial charge in [0.2, 0.25) is 21.8 Å². The highest BCUT2D eigenvalue weighted by Gasteiger charge is 2.50. The molecule has 1 saturated heterocycles. The minimum absolute atomic E-state index is 0.00309. The van der Waals surface area contributed by atoms with E-state index in [4.69, 9.17) is 16.7 Å². The zero-order valence-electron chi connectivity index (χ0n) is 13.3. The molecule has 8 heteroatoms. The first-order valence-corrected chi connectivity index (χ1v) is 9.32. The first-order valence-electron chi connectivity index (χ1n) is 7.40. The Bertz CT molecular complexity index is 975. The van der Waals surface area contributed by atoms with Gasteiger partial charge in [-0.2, -0.15) is 0 Å². The van der Waals surface area contributed by atoms with Gasteiger partial charge >= 0.3 is 0 Å². The number of primary sulfonamides is 1. The summed E-state index contributed by atoms with van der Waals surface area (Å²) in [6.07, 6.45) is 0.00309. The molecule has 0 aromatic heterocycles. The smallest absolute Gasteiger partial charge is 0.244 e. The van der Waals surface area contributed by atoms with Crippen LogP contribution in [0.15, 0.2) is 53.4 Å². The molecule has 6 nitrogen and oxygen atoms in total. The van der Waals surface area contributed by atoms with Crippen LogP contribution >= 0.6 is 11.6 Å². The molecule has 130 valence electrons. The van der Waals surface area contributed by atoms with E-state index in [1.54, 1.807) is 31.2 Å². The molecule has 0 spiro atoms. The van der Waals surface area contributed by atoms with Gasteiger partial charge in [-0.15, -0.1) is 0 Å². The second kappa shape index (κ2) is 5.94. The van der Waals surface area contributed by atoms with Gasteiger partial charge in [0.25, 0.3) is 0 Å². The van der Waals surface area contributed by atoms with Gasteiger partial charge in [0, 0.05) is 6.42 Å². The number of amides is 2. The number of hydrogen-bond donors (Lipinski definition) is 1. The summed E-state index contributed by atoms with van der Waals surface area (Å²) in [7, 11) is -3.93. The van der Waals surface area contributed by atoms with Gasteiger partial charge in [-0.3, -0.25) is 9.59 Å². The fourth-order valence-corrected chi connectivity index (χ4v) is 3.81. The molecule has 1 atom stereocenters. The van der Waals surface area contributed by atoms with E-state index in [1.165, 1.54) is 12.1 Å². The van der Waals surface area contributed by atoms with E-state index in [1.807, 2.05) is 6.07 Å². The van der Waals surface area contributed by atoms with Crippen LogP contribution in [0.1, 0.15) is 18.9 Å². The van der Waals surface area contributed by atoms with Crippen LogP contribution in [-0.2, 0) is 25.0 Å². The normalized spacial score (nSPS) is 21.0. The van der Waals surface area contributed by atoms with Crippen molar-refractivity contribution in [3.8, 4) is 0 Å². The molecule has 1 fully saturated rings. The number of carbonyl (C=O) groups excluding carboxylic acids is 2. The van der Waals surface area contributed by atoms with Crippen LogP contribution in [0.2, 0.25) is 5.02 Å². The lowest BCUT2D eigenvalue weighted by atomic mass is 9.81. The van der Waals surface area contributed by atoms with Gasteiger partial charge in [-0.1, -0.05) is 41.9 Å². The van der Waals surface area contributed by atoms with E-state index in [9.17, 15) is 18.0 Å². The molecule has 2 aromatic carbocycles. The summed E-state index contributed by atoms with van der Waals surface area (Å²) in [6.45, 7) is 1.70. The minimum atomic E-state index is -3.93. The van der Waals surface area contributed by atoms with Crippen molar-refractivity contribution in [3.05, 3.63) is 59.1 Å². The average molecular weight is 379 g/mol. The maximum Gasteiger partial charge on any atom is 0.244 e. The molecule has 0 bridgehead atoms. The Morgan fingerprint density at radius 2 is 1.76 bits per heavy atom. The Kier molecular flexibility index (Phi) is 4.18. The Hall–Kier alpha value is -2.22. The van der Waals surface area contributed by atoms with E-state index in [-0.39, 0.29) is 22.0 Å². The zero-order chi connectivity index (χ0) is 18.4. The number of halogens is 1. The Morgan fingerprint density at radius 1 is 1.12 bits per heavy atom. The van der Waals surface area contributed by atoms with Gasteiger partial charge in [0.15, 0.2) is 0 Å². The van der Waals surface area contributed by atoms with E-state index in [2.05, 4.69) is 0 Å². The number of rotatable bonds is 3. The molecule has 2 amide bonds. The Labute approximate surface area is 150 Å². The number of nitrogens with two attached hydrogens (primary N) is 1. The number of nitrogens with zero attached hydrogens (tertiary/aromatic N) is 1. The van der Waals surface area contributed by atoms with Crippen LogP contribution in [0.4, 0.5) is 5.69 Å². The molecule has 0 radical (unpaired) electrons. The van der Waals surface area contributed by atoms with Gasteiger partial charge in [0.05, 0.1) is 21.0 Å². The second-order valence-electron chi connectivity index (χ2n) is 6.07. The summed E-state index contributed by atoms with van der Waals surface area (Å²) in [5.41, 5.74) is -0.128. The summed E-state index contributed by atoms with van der Waals surface area (Å²) in [4.78, 5) is 26.3. The molecular weight excluding hydrogens is 364 g/mol. The van der Waals surface area contributed by atoms with Gasteiger partial charge in [-0.05, 0) is 30.7 Å². The predicted molar refractivity (Wildman–Crippen MR) is 93.7 cm³/mol. The molecule has 2 aromatic rings. The van der Waals surface area contributed by atoms with Crippen LogP contribution in [0.3, 0.4) is 0 Å². The van der Waals surface area contributed by atoms with Crippen molar-refractivity contribution >= 4 is 39.1 Å². The number of sulfonamides is 1. The SMILES string of the molecule is CC1(c2ccccc2)CC(=O)N(c2ccc(S(N)(=O)=O)cc2Cl)C1=O. The predicted octanol–water partition coefficient (Wildman–Crippen LogP) is 2.21. The molecule has 1 heterocycles. The topological polar surface area (TPSA) is 97.5 Å². The van der Waals surface area contributed by atoms with E-state index in [0.29, 0.717) is 0 Å². The molecule has 2 N–H and O–H groups in total. The third-order valence-electron chi connectivity index (χ3n) is 4.33. The van der Waals surface area contributed by atoms with E-state index >= 15 is 0 Å². The lowest BCUT2D eigenvalue weighted by molar-refractivity contribution is -0.122. The fourth-order valence-electron chi connectivity index (χ4n) is 2.94. The molecule has 3 rings (SSSR count). The van der Waals surface area contributed by atoms with Crippen molar-refractivity contribution in [1.82, 2.24) is 0 Å². The largest absolute Gasteiger partial charge is 0.274 e. The van der Waals surface area contributed by atoms with Crippen LogP contribution in [-0.4, -0.2) is 20.2 Å². The molecule has 0 saturated carbocycles. The van der Waals surface area contributed by atoms with Gasteiger partial charge in [-0.25, -0.2) is 18.5 Å². The average Bonchev–Trinajstić information content (AvgIpc) is 2.78. The van der Waals surface area contributed by atoms with E-state index < -0.39 is 27.3 Å². The summed E-state index contributed by atoms with van der Waals surface area (Å²) in [6, 6.07) is 12.7. The summed E-state index contributed by atoms with van der Waals surface area (Å²) >= 11 is 6.12. The lowest BCUT2D eigenvalue weighted by Crippen LogP contribution is -2.36. The highest BCUT2D eigenvalue weighted by atomic mass is 35.5. The summed E-state index contributed by atoms with van der Waals surface area (Å²) in [5.74, 6) is -0.810. The number of carbonyl (C=O) groups is 2. The maximum atomic E-state index is 13.0. The van der Waals surface area contributed by atoms with Crippen LogP contribution in [0, 0.1) is 0 Å². The molecule has 1 aliphatic rings. The van der Waals surface area contributed by atoms with Crippen molar-refractivity contribution in [3.63, 3.8) is 0 Å². The molecular formula is C17H15ClN2O4S. The number of hydrogen-bond acceptors (Lipinski definition) is 4. The van der Waals surface area contributed by atoms with Crippen molar-refractivity contribution in [2.75, 3.05) is 4.90 Å². The maximum absolute atomic E-state index is 13.0. The zero-order valence-corrected chi connectivity index (χ0v) is 14.8. The number of anilines is 1. The third-order valence-corrected chi connectivity index (χ3v) is 5.54. The monoisotopic (exact) mass is 378 g/mol. The summed E-state index contributed by atoms with van der Waals surface area (Å²) < 4.78 is 22.8. The second-order valence-corrected chi connectivity index (χ2v) is 8.04. The molecule has 0 aliphatic carbocycles. The fraction of sp³-hybridized carbons (Fsp3) is 0.176. The standard InChI is InChI=1S/C17H15ClN2O4S/c1-17(11-5-3-2-4-6-11)10-15(21)20(16(17)22)14-8-7-12(9-13(14)18)25(19,23)24/h2-9H,10H2,1H3,(H2,19,23,24). The first-order chi connectivity index (χ1) is 11.6. The summed E-state index contributed by atoms with van der Waals surface area (Å²) in [5, 5.41) is 5.03. The van der Waals surface area contributed by atoms with Crippen molar-refractivity contribution in [1.29, 1.82) is 0 Å². The van der Waals surface area contributed by atoms with Crippen LogP contribution in [0.5, 0.6) is 0 Å². The van der Waals surface area contributed by atoms with Crippen molar-refractivity contribution in [2.45, 2.75) is 23.7 Å². The van der Waals surface area contributed by atoms with Crippen LogP contribution in [0.25, 0.3) is 0 Å². The highest BCUT2D eigenvalue weighted by molar-refractivity contribution is 7.89. The highest BCUT2D eigenvalue weighted by Crippen LogP contribution is 2.40. The van der Waals surface area contributed by atoms with Gasteiger partial charge in [0.1, 0.15) is 0 Å². The number of benzene rings is 2. The van der Waals surface area contributed by atoms with Crippen molar-refractivity contribution < 1.29 is 18.0 Å². The molecule has 25 heavy (non-hydrogen) atoms. The molecule has 1 aliphatic heterocycles. The van der Waals surface area contributed by atoms with Crippen molar-refractivity contribution in [2.24, 2.45) is 5.14 Å². The lowest BCUT2D eigenvalue weighted by Gasteiger charge is -2.23. The quantitative estimate of drug-likeness (QED) is 0.828. The van der Waals surface area contributed by atoms with Gasteiger partial charge < -0.3 is 0 Å². The van der Waals surface area contributed by atoms with E-state index in [0.717, 1.165) is 16.5 Å². The third kappa shape index (κ3) is 2.95.